The predicted molar refractivity (Wildman–Crippen MR) is 64.8 cm³/mol. The van der Waals surface area contributed by atoms with Crippen LogP contribution in [0.25, 0.3) is 0 Å². The maximum Gasteiger partial charge on any atom is 0.123 e. The third kappa shape index (κ3) is 4.63. The fourth-order valence-electron chi connectivity index (χ4n) is 2.47. The van der Waals surface area contributed by atoms with Crippen molar-refractivity contribution in [1.82, 2.24) is 0 Å². The molecule has 0 bridgehead atoms. The molecule has 1 saturated carbocycles. The van der Waals surface area contributed by atoms with Crippen LogP contribution in [0.3, 0.4) is 0 Å². The Hall–Kier alpha value is -0.590. The number of aldehydes is 1. The fourth-order valence-corrected chi connectivity index (χ4v) is 2.47. The molecule has 0 saturated heterocycles. The normalized spacial score (nSPS) is 21.3. The Morgan fingerprint density at radius 2 is 2.00 bits per heavy atom. The zero-order valence-corrected chi connectivity index (χ0v) is 10.2. The molecule has 15 heavy (non-hydrogen) atoms. The van der Waals surface area contributed by atoms with Gasteiger partial charge in [0.2, 0.25) is 0 Å². The summed E-state index contributed by atoms with van der Waals surface area (Å²) in [4.78, 5) is 10.7. The topological polar surface area (TPSA) is 17.1 Å². The van der Waals surface area contributed by atoms with Gasteiger partial charge in [-0.3, -0.25) is 0 Å². The summed E-state index contributed by atoms with van der Waals surface area (Å²) in [6.45, 7) is 4.27. The van der Waals surface area contributed by atoms with E-state index in [-0.39, 0.29) is 5.92 Å². The second-order valence-electron chi connectivity index (χ2n) is 4.92. The third-order valence-electron chi connectivity index (χ3n) is 3.47. The van der Waals surface area contributed by atoms with Crippen molar-refractivity contribution in [2.45, 2.75) is 58.8 Å². The summed E-state index contributed by atoms with van der Waals surface area (Å²) in [5.74, 6) is 1.03. The summed E-state index contributed by atoms with van der Waals surface area (Å²) >= 11 is 0. The Morgan fingerprint density at radius 3 is 2.53 bits per heavy atom. The highest BCUT2D eigenvalue weighted by atomic mass is 16.1. The molecule has 0 N–H and O–H groups in total. The Kier molecular flexibility index (Phi) is 5.67. The van der Waals surface area contributed by atoms with Gasteiger partial charge in [-0.25, -0.2) is 0 Å². The highest BCUT2D eigenvalue weighted by Crippen LogP contribution is 2.26. The lowest BCUT2D eigenvalue weighted by molar-refractivity contribution is -0.111. The van der Waals surface area contributed by atoms with Crippen molar-refractivity contribution in [1.29, 1.82) is 0 Å². The van der Waals surface area contributed by atoms with Crippen LogP contribution in [0.2, 0.25) is 0 Å². The number of hydrogen-bond donors (Lipinski definition) is 0. The van der Waals surface area contributed by atoms with Gasteiger partial charge in [-0.05, 0) is 38.5 Å². The van der Waals surface area contributed by atoms with Gasteiger partial charge in [0, 0.05) is 5.92 Å². The summed E-state index contributed by atoms with van der Waals surface area (Å²) in [6.07, 6.45) is 12.4. The standard InChI is InChI=1S/C14H24O/c1-3-13(11-15)9-12(2)10-14-7-5-4-6-8-14/h10-11,13-14H,3-9H2,1-2H3/b12-10+. The van der Waals surface area contributed by atoms with E-state index in [9.17, 15) is 4.79 Å². The summed E-state index contributed by atoms with van der Waals surface area (Å²) < 4.78 is 0. The van der Waals surface area contributed by atoms with Gasteiger partial charge in [-0.1, -0.05) is 37.8 Å². The maximum absolute atomic E-state index is 10.7. The molecule has 1 nitrogen and oxygen atoms in total. The molecule has 0 spiro atoms. The Balaban J connectivity index is 2.39. The summed E-state index contributed by atoms with van der Waals surface area (Å²) in [7, 11) is 0. The average Bonchev–Trinajstić information content (AvgIpc) is 2.27. The lowest BCUT2D eigenvalue weighted by Crippen LogP contribution is -2.05. The second-order valence-corrected chi connectivity index (χ2v) is 4.92. The minimum Gasteiger partial charge on any atom is -0.303 e. The van der Waals surface area contributed by atoms with E-state index in [1.165, 1.54) is 37.7 Å². The minimum atomic E-state index is 0.241. The van der Waals surface area contributed by atoms with Crippen molar-refractivity contribution >= 4 is 6.29 Å². The van der Waals surface area contributed by atoms with Crippen molar-refractivity contribution in [3.63, 3.8) is 0 Å². The van der Waals surface area contributed by atoms with Crippen LogP contribution in [0.15, 0.2) is 11.6 Å². The van der Waals surface area contributed by atoms with E-state index >= 15 is 0 Å². The molecule has 1 atom stereocenters. The van der Waals surface area contributed by atoms with E-state index in [1.54, 1.807) is 0 Å². The van der Waals surface area contributed by atoms with Crippen molar-refractivity contribution in [3.8, 4) is 0 Å². The number of carbonyl (C=O) groups excluding carboxylic acids is 1. The highest BCUT2D eigenvalue weighted by Gasteiger charge is 2.12. The van der Waals surface area contributed by atoms with Gasteiger partial charge < -0.3 is 4.79 Å². The zero-order chi connectivity index (χ0) is 11.1. The quantitative estimate of drug-likeness (QED) is 0.490. The van der Waals surface area contributed by atoms with E-state index in [4.69, 9.17) is 0 Å². The number of allylic oxidation sites excluding steroid dienone is 2. The predicted octanol–water partition coefficient (Wildman–Crippen LogP) is 4.13. The molecule has 0 aromatic rings. The largest absolute Gasteiger partial charge is 0.303 e. The van der Waals surface area contributed by atoms with E-state index in [0.717, 1.165) is 25.0 Å². The Labute approximate surface area is 93.9 Å². The molecule has 1 heteroatoms. The molecule has 0 aromatic heterocycles. The lowest BCUT2D eigenvalue weighted by atomic mass is 9.86. The second kappa shape index (κ2) is 6.81. The molecule has 0 heterocycles. The van der Waals surface area contributed by atoms with Crippen molar-refractivity contribution in [2.75, 3.05) is 0 Å². The maximum atomic E-state index is 10.7. The molecule has 1 aliphatic carbocycles. The van der Waals surface area contributed by atoms with Gasteiger partial charge in [0.15, 0.2) is 0 Å². The summed E-state index contributed by atoms with van der Waals surface area (Å²) in [6, 6.07) is 0. The van der Waals surface area contributed by atoms with Gasteiger partial charge in [0.05, 0.1) is 0 Å². The first-order valence-corrected chi connectivity index (χ1v) is 6.38. The van der Waals surface area contributed by atoms with Crippen LogP contribution < -0.4 is 0 Å². The van der Waals surface area contributed by atoms with Crippen LogP contribution in [0, 0.1) is 11.8 Å². The van der Waals surface area contributed by atoms with Crippen LogP contribution >= 0.6 is 0 Å². The first-order chi connectivity index (χ1) is 7.26. The van der Waals surface area contributed by atoms with Crippen LogP contribution in [0.5, 0.6) is 0 Å². The molecule has 0 aliphatic heterocycles. The van der Waals surface area contributed by atoms with Crippen molar-refractivity contribution in [3.05, 3.63) is 11.6 Å². The molecule has 0 radical (unpaired) electrons. The monoisotopic (exact) mass is 208 g/mol. The molecule has 1 rings (SSSR count). The van der Waals surface area contributed by atoms with Gasteiger partial charge in [-0.15, -0.1) is 0 Å². The Bertz CT molecular complexity index is 211. The molecular formula is C14H24O. The first kappa shape index (κ1) is 12.5. The van der Waals surface area contributed by atoms with Crippen LogP contribution in [0.4, 0.5) is 0 Å². The van der Waals surface area contributed by atoms with Gasteiger partial charge in [0.25, 0.3) is 0 Å². The van der Waals surface area contributed by atoms with Gasteiger partial charge in [0.1, 0.15) is 6.29 Å². The number of carbonyl (C=O) groups is 1. The molecule has 1 fully saturated rings. The van der Waals surface area contributed by atoms with Crippen molar-refractivity contribution < 1.29 is 4.79 Å². The van der Waals surface area contributed by atoms with E-state index in [1.807, 2.05) is 0 Å². The molecule has 86 valence electrons. The van der Waals surface area contributed by atoms with E-state index in [2.05, 4.69) is 19.9 Å². The first-order valence-electron chi connectivity index (χ1n) is 6.38. The highest BCUT2D eigenvalue weighted by molar-refractivity contribution is 5.53. The van der Waals surface area contributed by atoms with Gasteiger partial charge in [-0.2, -0.15) is 0 Å². The molecule has 0 amide bonds. The molecule has 1 aliphatic rings. The number of rotatable bonds is 5. The van der Waals surface area contributed by atoms with Gasteiger partial charge >= 0.3 is 0 Å². The lowest BCUT2D eigenvalue weighted by Gasteiger charge is -2.19. The van der Waals surface area contributed by atoms with Crippen LogP contribution in [-0.4, -0.2) is 6.29 Å². The molecule has 0 aromatic carbocycles. The molecule has 1 unspecified atom stereocenters. The Morgan fingerprint density at radius 1 is 1.33 bits per heavy atom. The fraction of sp³-hybridized carbons (Fsp3) is 0.786. The minimum absolute atomic E-state index is 0.241. The van der Waals surface area contributed by atoms with Crippen molar-refractivity contribution in [2.24, 2.45) is 11.8 Å². The zero-order valence-electron chi connectivity index (χ0n) is 10.2. The molecular weight excluding hydrogens is 184 g/mol. The summed E-state index contributed by atoms with van der Waals surface area (Å²) in [5.41, 5.74) is 1.42. The van der Waals surface area contributed by atoms with E-state index in [0.29, 0.717) is 0 Å². The number of hydrogen-bond acceptors (Lipinski definition) is 1. The van der Waals surface area contributed by atoms with Crippen LogP contribution in [-0.2, 0) is 4.79 Å². The SMILES string of the molecule is CCC(C=O)C/C(C)=C/C1CCCCC1. The van der Waals surface area contributed by atoms with Crippen LogP contribution in [0.1, 0.15) is 58.8 Å². The third-order valence-corrected chi connectivity index (χ3v) is 3.47. The summed E-state index contributed by atoms with van der Waals surface area (Å²) in [5, 5.41) is 0. The average molecular weight is 208 g/mol. The van der Waals surface area contributed by atoms with E-state index < -0.39 is 0 Å². The smallest absolute Gasteiger partial charge is 0.123 e.